The number of hydrogen-bond donors (Lipinski definition) is 2. The molecule has 0 radical (unpaired) electrons. The maximum Gasteiger partial charge on any atom is 0.0434 e. The second-order valence-corrected chi connectivity index (χ2v) is 5.23. The minimum Gasteiger partial charge on any atom is -0.396 e. The molecule has 0 aliphatic rings. The van der Waals surface area contributed by atoms with Gasteiger partial charge >= 0.3 is 0 Å². The molecule has 2 nitrogen and oxygen atoms in total. The van der Waals surface area contributed by atoms with E-state index in [9.17, 15) is 0 Å². The zero-order chi connectivity index (χ0) is 11.6. The van der Waals surface area contributed by atoms with Crippen molar-refractivity contribution in [2.45, 2.75) is 32.6 Å². The Hall–Kier alpha value is -0.380. The van der Waals surface area contributed by atoms with Crippen molar-refractivity contribution >= 4 is 11.3 Å². The largest absolute Gasteiger partial charge is 0.396 e. The second kappa shape index (κ2) is 8.74. The molecule has 1 atom stereocenters. The van der Waals surface area contributed by atoms with Crippen LogP contribution in [0.15, 0.2) is 17.5 Å². The molecule has 0 spiro atoms. The van der Waals surface area contributed by atoms with E-state index >= 15 is 0 Å². The highest BCUT2D eigenvalue weighted by Gasteiger charge is 2.06. The molecule has 1 heterocycles. The summed E-state index contributed by atoms with van der Waals surface area (Å²) >= 11 is 1.82. The molecule has 0 aliphatic carbocycles. The SMILES string of the molecule is CCCC(CCO)CNCCc1cccs1. The van der Waals surface area contributed by atoms with Crippen molar-refractivity contribution in [2.24, 2.45) is 5.92 Å². The van der Waals surface area contributed by atoms with E-state index in [1.807, 2.05) is 11.3 Å². The lowest BCUT2D eigenvalue weighted by Crippen LogP contribution is -2.25. The zero-order valence-electron chi connectivity index (χ0n) is 10.1. The molecule has 2 N–H and O–H groups in total. The number of hydrogen-bond acceptors (Lipinski definition) is 3. The van der Waals surface area contributed by atoms with Crippen LogP contribution in [0.25, 0.3) is 0 Å². The molecule has 16 heavy (non-hydrogen) atoms. The summed E-state index contributed by atoms with van der Waals surface area (Å²) in [6.45, 7) is 4.61. The summed E-state index contributed by atoms with van der Waals surface area (Å²) in [4.78, 5) is 1.45. The molecule has 1 rings (SSSR count). The van der Waals surface area contributed by atoms with E-state index < -0.39 is 0 Å². The van der Waals surface area contributed by atoms with Gasteiger partial charge in [-0.05, 0) is 49.7 Å². The van der Waals surface area contributed by atoms with Crippen molar-refractivity contribution in [3.8, 4) is 0 Å². The van der Waals surface area contributed by atoms with Crippen molar-refractivity contribution < 1.29 is 5.11 Å². The Kier molecular flexibility index (Phi) is 7.47. The fourth-order valence-electron chi connectivity index (χ4n) is 1.91. The van der Waals surface area contributed by atoms with Gasteiger partial charge in [0.1, 0.15) is 0 Å². The van der Waals surface area contributed by atoms with Gasteiger partial charge in [-0.1, -0.05) is 19.4 Å². The molecule has 0 fully saturated rings. The lowest BCUT2D eigenvalue weighted by molar-refractivity contribution is 0.248. The molecule has 0 aromatic carbocycles. The summed E-state index contributed by atoms with van der Waals surface area (Å²) in [5.74, 6) is 0.637. The average molecular weight is 241 g/mol. The molecule has 0 bridgehead atoms. The van der Waals surface area contributed by atoms with Crippen LogP contribution in [0.1, 0.15) is 31.1 Å². The Morgan fingerprint density at radius 3 is 2.94 bits per heavy atom. The van der Waals surface area contributed by atoms with Crippen molar-refractivity contribution in [1.29, 1.82) is 0 Å². The highest BCUT2D eigenvalue weighted by atomic mass is 32.1. The Morgan fingerprint density at radius 2 is 2.31 bits per heavy atom. The van der Waals surface area contributed by atoms with Gasteiger partial charge in [0.15, 0.2) is 0 Å². The normalized spacial score (nSPS) is 12.9. The summed E-state index contributed by atoms with van der Waals surface area (Å²) in [6.07, 6.45) is 4.47. The van der Waals surface area contributed by atoms with Gasteiger partial charge in [0.25, 0.3) is 0 Å². The Bertz CT molecular complexity index is 242. The standard InChI is InChI=1S/C13H23NOS/c1-2-4-12(7-9-15)11-14-8-6-13-5-3-10-16-13/h3,5,10,12,14-15H,2,4,6-9,11H2,1H3. The predicted molar refractivity (Wildman–Crippen MR) is 71.0 cm³/mol. The van der Waals surface area contributed by atoms with Crippen LogP contribution in [-0.4, -0.2) is 24.8 Å². The van der Waals surface area contributed by atoms with E-state index in [0.717, 1.165) is 25.9 Å². The fourth-order valence-corrected chi connectivity index (χ4v) is 2.62. The van der Waals surface area contributed by atoms with Crippen molar-refractivity contribution in [2.75, 3.05) is 19.7 Å². The molecule has 0 saturated carbocycles. The second-order valence-electron chi connectivity index (χ2n) is 4.20. The van der Waals surface area contributed by atoms with Gasteiger partial charge in [0, 0.05) is 11.5 Å². The highest BCUT2D eigenvalue weighted by Crippen LogP contribution is 2.10. The van der Waals surface area contributed by atoms with E-state index in [4.69, 9.17) is 5.11 Å². The van der Waals surface area contributed by atoms with Gasteiger partial charge in [0.05, 0.1) is 0 Å². The van der Waals surface area contributed by atoms with E-state index in [1.54, 1.807) is 0 Å². The Balaban J connectivity index is 2.08. The van der Waals surface area contributed by atoms with Crippen LogP contribution in [-0.2, 0) is 6.42 Å². The summed E-state index contributed by atoms with van der Waals surface area (Å²) in [5, 5.41) is 14.6. The van der Waals surface area contributed by atoms with Crippen molar-refractivity contribution in [1.82, 2.24) is 5.32 Å². The number of rotatable bonds is 9. The number of thiophene rings is 1. The van der Waals surface area contributed by atoms with Gasteiger partial charge in [-0.3, -0.25) is 0 Å². The van der Waals surface area contributed by atoms with Crippen LogP contribution < -0.4 is 5.32 Å². The maximum absolute atomic E-state index is 8.94. The molecule has 3 heteroatoms. The third kappa shape index (κ3) is 5.64. The van der Waals surface area contributed by atoms with E-state index in [-0.39, 0.29) is 0 Å². The van der Waals surface area contributed by atoms with Crippen LogP contribution in [0.3, 0.4) is 0 Å². The van der Waals surface area contributed by atoms with Crippen molar-refractivity contribution in [3.05, 3.63) is 22.4 Å². The highest BCUT2D eigenvalue weighted by molar-refractivity contribution is 7.09. The van der Waals surface area contributed by atoms with E-state index in [0.29, 0.717) is 12.5 Å². The Morgan fingerprint density at radius 1 is 1.44 bits per heavy atom. The molecular weight excluding hydrogens is 218 g/mol. The van der Waals surface area contributed by atoms with Gasteiger partial charge < -0.3 is 10.4 Å². The van der Waals surface area contributed by atoms with Gasteiger partial charge in [-0.15, -0.1) is 11.3 Å². The van der Waals surface area contributed by atoms with Crippen LogP contribution in [0, 0.1) is 5.92 Å². The summed E-state index contributed by atoms with van der Waals surface area (Å²) < 4.78 is 0. The van der Waals surface area contributed by atoms with Gasteiger partial charge in [0.2, 0.25) is 0 Å². The third-order valence-electron chi connectivity index (χ3n) is 2.80. The predicted octanol–water partition coefficient (Wildman–Crippen LogP) is 2.68. The van der Waals surface area contributed by atoms with Gasteiger partial charge in [-0.2, -0.15) is 0 Å². The first-order chi connectivity index (χ1) is 7.86. The maximum atomic E-state index is 8.94. The van der Waals surface area contributed by atoms with Crippen molar-refractivity contribution in [3.63, 3.8) is 0 Å². The first-order valence-corrected chi connectivity index (χ1v) is 7.08. The number of nitrogens with one attached hydrogen (secondary N) is 1. The lowest BCUT2D eigenvalue weighted by Gasteiger charge is -2.15. The lowest BCUT2D eigenvalue weighted by atomic mass is 10.0. The molecule has 1 unspecified atom stereocenters. The number of aliphatic hydroxyl groups is 1. The molecule has 1 aromatic heterocycles. The quantitative estimate of drug-likeness (QED) is 0.652. The molecule has 0 amide bonds. The zero-order valence-corrected chi connectivity index (χ0v) is 10.9. The molecule has 0 aliphatic heterocycles. The molecular formula is C13H23NOS. The third-order valence-corrected chi connectivity index (χ3v) is 3.73. The molecule has 1 aromatic rings. The summed E-state index contributed by atoms with van der Waals surface area (Å²) in [5.41, 5.74) is 0. The Labute approximate surface area is 103 Å². The van der Waals surface area contributed by atoms with Crippen LogP contribution in [0.2, 0.25) is 0 Å². The first-order valence-electron chi connectivity index (χ1n) is 6.20. The fraction of sp³-hybridized carbons (Fsp3) is 0.692. The number of aliphatic hydroxyl groups excluding tert-OH is 1. The van der Waals surface area contributed by atoms with Gasteiger partial charge in [-0.25, -0.2) is 0 Å². The van der Waals surface area contributed by atoms with E-state index in [1.165, 1.54) is 17.7 Å². The first kappa shape index (κ1) is 13.7. The van der Waals surface area contributed by atoms with Crippen LogP contribution >= 0.6 is 11.3 Å². The minimum atomic E-state index is 0.317. The molecule has 0 saturated heterocycles. The monoisotopic (exact) mass is 241 g/mol. The van der Waals surface area contributed by atoms with Crippen LogP contribution in [0.4, 0.5) is 0 Å². The topological polar surface area (TPSA) is 32.3 Å². The minimum absolute atomic E-state index is 0.317. The average Bonchev–Trinajstić information content (AvgIpc) is 2.78. The summed E-state index contributed by atoms with van der Waals surface area (Å²) in [6, 6.07) is 4.29. The molecule has 92 valence electrons. The van der Waals surface area contributed by atoms with E-state index in [2.05, 4.69) is 29.8 Å². The smallest absolute Gasteiger partial charge is 0.0434 e. The van der Waals surface area contributed by atoms with Crippen LogP contribution in [0.5, 0.6) is 0 Å². The summed E-state index contributed by atoms with van der Waals surface area (Å²) in [7, 11) is 0.